The van der Waals surface area contributed by atoms with Gasteiger partial charge in [0, 0.05) is 36.9 Å². The average molecular weight is 311 g/mol. The summed E-state index contributed by atoms with van der Waals surface area (Å²) in [5.41, 5.74) is 1.09. The number of hydrogen-bond donors (Lipinski definition) is 1. The van der Waals surface area contributed by atoms with Gasteiger partial charge in [-0.05, 0) is 19.6 Å². The fourth-order valence-electron chi connectivity index (χ4n) is 1.96. The number of rotatable bonds is 7. The third-order valence-electron chi connectivity index (χ3n) is 3.33. The molecule has 0 unspecified atom stereocenters. The van der Waals surface area contributed by atoms with E-state index in [2.05, 4.69) is 58.1 Å². The van der Waals surface area contributed by atoms with Crippen LogP contribution in [0.3, 0.4) is 0 Å². The van der Waals surface area contributed by atoms with E-state index in [-0.39, 0.29) is 5.41 Å². The normalized spacial score (nSPS) is 11.6. The molecule has 0 atom stereocenters. The van der Waals surface area contributed by atoms with Gasteiger partial charge < -0.3 is 10.2 Å². The molecule has 120 valence electrons. The first-order valence-corrected chi connectivity index (χ1v) is 9.03. The molecule has 0 saturated heterocycles. The molecule has 5 heteroatoms. The number of hydrogen-bond acceptors (Lipinski definition) is 5. The van der Waals surface area contributed by atoms with E-state index in [9.17, 15) is 0 Å². The quantitative estimate of drug-likeness (QED) is 0.831. The first-order chi connectivity index (χ1) is 9.81. The van der Waals surface area contributed by atoms with E-state index in [1.54, 1.807) is 0 Å². The summed E-state index contributed by atoms with van der Waals surface area (Å²) < 4.78 is 0. The second-order valence-corrected chi connectivity index (χ2v) is 7.42. The Morgan fingerprint density at radius 1 is 1.24 bits per heavy atom. The molecule has 21 heavy (non-hydrogen) atoms. The topological polar surface area (TPSA) is 41.1 Å². The highest BCUT2D eigenvalue weighted by Crippen LogP contribution is 2.28. The second-order valence-electron chi connectivity index (χ2n) is 6.44. The fourth-order valence-corrected chi connectivity index (χ4v) is 2.42. The lowest BCUT2D eigenvalue weighted by Gasteiger charge is -2.25. The molecule has 0 aliphatic carbocycles. The van der Waals surface area contributed by atoms with Crippen LogP contribution in [0.25, 0.3) is 0 Å². The van der Waals surface area contributed by atoms with Crippen molar-refractivity contribution in [1.82, 2.24) is 9.97 Å². The lowest BCUT2D eigenvalue weighted by Crippen LogP contribution is -2.26. The van der Waals surface area contributed by atoms with Crippen molar-refractivity contribution in [2.45, 2.75) is 46.5 Å². The van der Waals surface area contributed by atoms with Crippen LogP contribution in [-0.2, 0) is 5.41 Å². The van der Waals surface area contributed by atoms with Gasteiger partial charge in [0.2, 0.25) is 0 Å². The highest BCUT2D eigenvalue weighted by atomic mass is 32.2. The first kappa shape index (κ1) is 18.1. The summed E-state index contributed by atoms with van der Waals surface area (Å²) >= 11 is 1.86. The van der Waals surface area contributed by atoms with E-state index in [4.69, 9.17) is 9.97 Å². The SMILES string of the molecule is CCCNc1nc(C(C)(C)C)nc(N(C)CCSC)c1C. The number of thioether (sulfide) groups is 1. The lowest BCUT2D eigenvalue weighted by molar-refractivity contribution is 0.544. The summed E-state index contributed by atoms with van der Waals surface area (Å²) in [6.07, 6.45) is 3.22. The zero-order valence-electron chi connectivity index (χ0n) is 14.6. The molecular weight excluding hydrogens is 280 g/mol. The summed E-state index contributed by atoms with van der Waals surface area (Å²) in [6, 6.07) is 0. The molecular formula is C16H30N4S. The van der Waals surface area contributed by atoms with Crippen LogP contribution < -0.4 is 10.2 Å². The van der Waals surface area contributed by atoms with Crippen molar-refractivity contribution in [1.29, 1.82) is 0 Å². The maximum Gasteiger partial charge on any atom is 0.138 e. The zero-order valence-corrected chi connectivity index (χ0v) is 15.4. The van der Waals surface area contributed by atoms with Crippen molar-refractivity contribution in [3.05, 3.63) is 11.4 Å². The van der Waals surface area contributed by atoms with Crippen molar-refractivity contribution in [2.75, 3.05) is 42.4 Å². The molecule has 0 fully saturated rings. The van der Waals surface area contributed by atoms with Crippen molar-refractivity contribution in [3.8, 4) is 0 Å². The van der Waals surface area contributed by atoms with Crippen LogP contribution in [-0.4, -0.2) is 42.1 Å². The van der Waals surface area contributed by atoms with Crippen molar-refractivity contribution < 1.29 is 0 Å². The minimum absolute atomic E-state index is 0.0502. The maximum atomic E-state index is 4.83. The summed E-state index contributed by atoms with van der Waals surface area (Å²) in [7, 11) is 2.11. The predicted molar refractivity (Wildman–Crippen MR) is 95.9 cm³/mol. The smallest absolute Gasteiger partial charge is 0.138 e. The molecule has 0 amide bonds. The number of aromatic nitrogens is 2. The maximum absolute atomic E-state index is 4.83. The number of nitrogens with zero attached hydrogens (tertiary/aromatic N) is 3. The van der Waals surface area contributed by atoms with Gasteiger partial charge in [-0.15, -0.1) is 0 Å². The number of nitrogens with one attached hydrogen (secondary N) is 1. The predicted octanol–water partition coefficient (Wildman–Crippen LogP) is 3.70. The van der Waals surface area contributed by atoms with E-state index in [0.717, 1.165) is 48.3 Å². The summed E-state index contributed by atoms with van der Waals surface area (Å²) in [4.78, 5) is 11.8. The van der Waals surface area contributed by atoms with Crippen LogP contribution in [0.5, 0.6) is 0 Å². The van der Waals surface area contributed by atoms with Gasteiger partial charge in [0.15, 0.2) is 0 Å². The minimum Gasteiger partial charge on any atom is -0.370 e. The van der Waals surface area contributed by atoms with Gasteiger partial charge in [-0.3, -0.25) is 0 Å². The third kappa shape index (κ3) is 5.06. The van der Waals surface area contributed by atoms with E-state index in [1.165, 1.54) is 0 Å². The first-order valence-electron chi connectivity index (χ1n) is 7.64. The summed E-state index contributed by atoms with van der Waals surface area (Å²) in [5.74, 6) is 4.02. The Labute approximate surface area is 134 Å². The van der Waals surface area contributed by atoms with Crippen LogP contribution in [0, 0.1) is 6.92 Å². The molecule has 1 heterocycles. The van der Waals surface area contributed by atoms with Crippen molar-refractivity contribution in [2.24, 2.45) is 0 Å². The van der Waals surface area contributed by atoms with Gasteiger partial charge in [-0.2, -0.15) is 11.8 Å². The molecule has 0 bridgehead atoms. The molecule has 0 aliphatic heterocycles. The van der Waals surface area contributed by atoms with E-state index in [1.807, 2.05) is 11.8 Å². The van der Waals surface area contributed by atoms with Crippen LogP contribution >= 0.6 is 11.8 Å². The third-order valence-corrected chi connectivity index (χ3v) is 3.92. The highest BCUT2D eigenvalue weighted by Gasteiger charge is 2.22. The van der Waals surface area contributed by atoms with Gasteiger partial charge >= 0.3 is 0 Å². The monoisotopic (exact) mass is 310 g/mol. The van der Waals surface area contributed by atoms with Gasteiger partial charge in [0.05, 0.1) is 0 Å². The molecule has 0 aromatic carbocycles. The second kappa shape index (κ2) is 7.87. The van der Waals surface area contributed by atoms with Crippen LogP contribution in [0.15, 0.2) is 0 Å². The van der Waals surface area contributed by atoms with Crippen LogP contribution in [0.2, 0.25) is 0 Å². The standard InChI is InChI=1S/C16H30N4S/c1-8-9-17-13-12(2)14(20(6)10-11-21-7)19-15(18-13)16(3,4)5/h8-11H2,1-7H3,(H,17,18,19). The van der Waals surface area contributed by atoms with Crippen LogP contribution in [0.4, 0.5) is 11.6 Å². The highest BCUT2D eigenvalue weighted by molar-refractivity contribution is 7.98. The van der Waals surface area contributed by atoms with Gasteiger partial charge in [-0.25, -0.2) is 9.97 Å². The Morgan fingerprint density at radius 3 is 2.43 bits per heavy atom. The molecule has 0 saturated carbocycles. The Hall–Kier alpha value is -0.970. The van der Waals surface area contributed by atoms with E-state index in [0.29, 0.717) is 0 Å². The zero-order chi connectivity index (χ0) is 16.0. The Bertz CT molecular complexity index is 454. The Kier molecular flexibility index (Phi) is 6.78. The largest absolute Gasteiger partial charge is 0.370 e. The minimum atomic E-state index is -0.0502. The molecule has 1 aromatic heterocycles. The Balaban J connectivity index is 3.20. The molecule has 1 aromatic rings. The van der Waals surface area contributed by atoms with Gasteiger partial charge in [0.25, 0.3) is 0 Å². The van der Waals surface area contributed by atoms with Gasteiger partial charge in [-0.1, -0.05) is 27.7 Å². The molecule has 1 N–H and O–H groups in total. The average Bonchev–Trinajstić information content (AvgIpc) is 2.42. The molecule has 0 spiro atoms. The van der Waals surface area contributed by atoms with Gasteiger partial charge in [0.1, 0.15) is 17.5 Å². The van der Waals surface area contributed by atoms with Crippen LogP contribution in [0.1, 0.15) is 45.5 Å². The molecule has 4 nitrogen and oxygen atoms in total. The molecule has 0 aliphatic rings. The van der Waals surface area contributed by atoms with E-state index >= 15 is 0 Å². The van der Waals surface area contributed by atoms with Crippen molar-refractivity contribution in [3.63, 3.8) is 0 Å². The lowest BCUT2D eigenvalue weighted by atomic mass is 9.95. The summed E-state index contributed by atoms with van der Waals surface area (Å²) in [6.45, 7) is 12.7. The molecule has 0 radical (unpaired) electrons. The number of anilines is 2. The Morgan fingerprint density at radius 2 is 1.90 bits per heavy atom. The molecule has 1 rings (SSSR count). The van der Waals surface area contributed by atoms with E-state index < -0.39 is 0 Å². The fraction of sp³-hybridized carbons (Fsp3) is 0.750. The summed E-state index contributed by atoms with van der Waals surface area (Å²) in [5, 5.41) is 3.44. The van der Waals surface area contributed by atoms with Crippen molar-refractivity contribution >= 4 is 23.4 Å².